The molecule has 0 aromatic heterocycles. The Hall–Kier alpha value is -1.86. The van der Waals surface area contributed by atoms with Crippen LogP contribution >= 0.6 is 12.4 Å². The summed E-state index contributed by atoms with van der Waals surface area (Å²) in [5.74, 6) is -0.0317. The van der Waals surface area contributed by atoms with Gasteiger partial charge in [0.1, 0.15) is 5.69 Å². The predicted molar refractivity (Wildman–Crippen MR) is 92.0 cm³/mol. The third-order valence-electron chi connectivity index (χ3n) is 4.08. The first-order chi connectivity index (χ1) is 10.5. The van der Waals surface area contributed by atoms with Gasteiger partial charge in [0.15, 0.2) is 0 Å². The van der Waals surface area contributed by atoms with Crippen LogP contribution in [0.15, 0.2) is 24.3 Å². The van der Waals surface area contributed by atoms with Crippen LogP contribution in [0, 0.1) is 10.1 Å². The van der Waals surface area contributed by atoms with Gasteiger partial charge in [0.25, 0.3) is 5.69 Å². The lowest BCUT2D eigenvalue weighted by Crippen LogP contribution is -2.50. The van der Waals surface area contributed by atoms with E-state index < -0.39 is 4.92 Å². The minimum atomic E-state index is -0.431. The van der Waals surface area contributed by atoms with Crippen LogP contribution in [0.1, 0.15) is 19.3 Å². The smallest absolute Gasteiger partial charge is 0.292 e. The number of nitro groups is 1. The van der Waals surface area contributed by atoms with Crippen molar-refractivity contribution in [1.29, 1.82) is 0 Å². The van der Waals surface area contributed by atoms with E-state index in [0.717, 1.165) is 19.3 Å². The van der Waals surface area contributed by atoms with Gasteiger partial charge in [0, 0.05) is 32.2 Å². The van der Waals surface area contributed by atoms with Crippen molar-refractivity contribution in [2.24, 2.45) is 5.73 Å². The molecule has 0 spiro atoms. The van der Waals surface area contributed by atoms with Crippen LogP contribution < -0.4 is 10.6 Å². The maximum atomic E-state index is 12.5. The molecule has 1 unspecified atom stereocenters. The molecule has 2 N–H and O–H groups in total. The zero-order valence-corrected chi connectivity index (χ0v) is 14.0. The van der Waals surface area contributed by atoms with Gasteiger partial charge in [-0.15, -0.1) is 12.4 Å². The lowest BCUT2D eigenvalue weighted by molar-refractivity contribution is -0.384. The number of benzene rings is 1. The molecule has 1 aromatic carbocycles. The summed E-state index contributed by atoms with van der Waals surface area (Å²) < 4.78 is 0. The van der Waals surface area contributed by atoms with Crippen LogP contribution in [-0.4, -0.2) is 48.5 Å². The number of likely N-dealkylation sites (N-methyl/N-ethyl adjacent to an activating group) is 1. The fraction of sp³-hybridized carbons (Fsp3) is 0.533. The second-order valence-corrected chi connectivity index (χ2v) is 5.57. The normalized spacial score (nSPS) is 17.3. The van der Waals surface area contributed by atoms with Gasteiger partial charge >= 0.3 is 0 Å². The van der Waals surface area contributed by atoms with Gasteiger partial charge in [-0.05, 0) is 25.3 Å². The molecule has 23 heavy (non-hydrogen) atoms. The van der Waals surface area contributed by atoms with Crippen molar-refractivity contribution in [3.63, 3.8) is 0 Å². The second kappa shape index (κ2) is 8.69. The van der Waals surface area contributed by atoms with E-state index in [4.69, 9.17) is 5.73 Å². The fourth-order valence-electron chi connectivity index (χ4n) is 2.89. The Labute approximate surface area is 142 Å². The Bertz CT molecular complexity index is 555. The van der Waals surface area contributed by atoms with E-state index in [1.165, 1.54) is 6.07 Å². The third kappa shape index (κ3) is 4.56. The quantitative estimate of drug-likeness (QED) is 0.650. The highest BCUT2D eigenvalue weighted by atomic mass is 35.5. The van der Waals surface area contributed by atoms with Gasteiger partial charge in [0.2, 0.25) is 5.91 Å². The monoisotopic (exact) mass is 342 g/mol. The lowest BCUT2D eigenvalue weighted by atomic mass is 10.0. The Morgan fingerprint density at radius 3 is 2.78 bits per heavy atom. The number of hydrogen-bond acceptors (Lipinski definition) is 5. The topological polar surface area (TPSA) is 92.7 Å². The molecule has 1 aliphatic rings. The molecule has 1 aromatic rings. The summed E-state index contributed by atoms with van der Waals surface area (Å²) >= 11 is 0. The zero-order chi connectivity index (χ0) is 16.1. The van der Waals surface area contributed by atoms with Gasteiger partial charge in [-0.2, -0.15) is 0 Å². The molecule has 1 aliphatic heterocycles. The summed E-state index contributed by atoms with van der Waals surface area (Å²) in [6.07, 6.45) is 3.00. The van der Waals surface area contributed by atoms with E-state index in [1.807, 2.05) is 4.90 Å². The van der Waals surface area contributed by atoms with Crippen LogP contribution in [0.5, 0.6) is 0 Å². The largest absolute Gasteiger partial charge is 0.360 e. The Balaban J connectivity index is 0.00000264. The van der Waals surface area contributed by atoms with Crippen molar-refractivity contribution in [1.82, 2.24) is 4.90 Å². The minimum absolute atomic E-state index is 0. The Morgan fingerprint density at radius 2 is 2.13 bits per heavy atom. The molecule has 8 heteroatoms. The molecule has 1 fully saturated rings. The van der Waals surface area contributed by atoms with Crippen molar-refractivity contribution in [2.45, 2.75) is 25.3 Å². The van der Waals surface area contributed by atoms with Crippen molar-refractivity contribution in [3.05, 3.63) is 34.4 Å². The van der Waals surface area contributed by atoms with E-state index in [-0.39, 0.29) is 36.6 Å². The molecule has 0 aliphatic carbocycles. The summed E-state index contributed by atoms with van der Waals surface area (Å²) in [5, 5.41) is 11.1. The van der Waals surface area contributed by atoms with Gasteiger partial charge in [-0.25, -0.2) is 0 Å². The summed E-state index contributed by atoms with van der Waals surface area (Å²) in [4.78, 5) is 26.6. The maximum absolute atomic E-state index is 12.5. The SMILES string of the molecule is CN(CC(=O)N1CCCCC1CN)c1ccccc1[N+](=O)[O-].Cl. The Kier molecular flexibility index (Phi) is 7.25. The molecule has 7 nitrogen and oxygen atoms in total. The van der Waals surface area contributed by atoms with Gasteiger partial charge in [0.05, 0.1) is 11.5 Å². The van der Waals surface area contributed by atoms with E-state index in [9.17, 15) is 14.9 Å². The number of halogens is 1. The van der Waals surface area contributed by atoms with Crippen LogP contribution in [-0.2, 0) is 4.79 Å². The summed E-state index contributed by atoms with van der Waals surface area (Å²) in [6, 6.07) is 6.53. The number of hydrogen-bond donors (Lipinski definition) is 1. The van der Waals surface area contributed by atoms with Crippen LogP contribution in [0.3, 0.4) is 0 Å². The Morgan fingerprint density at radius 1 is 1.43 bits per heavy atom. The number of nitrogens with zero attached hydrogens (tertiary/aromatic N) is 3. The van der Waals surface area contributed by atoms with E-state index in [2.05, 4.69) is 0 Å². The molecule has 1 amide bonds. The van der Waals surface area contributed by atoms with Gasteiger partial charge in [-0.1, -0.05) is 12.1 Å². The maximum Gasteiger partial charge on any atom is 0.292 e. The first-order valence-electron chi connectivity index (χ1n) is 7.48. The molecule has 2 rings (SSSR count). The van der Waals surface area contributed by atoms with E-state index >= 15 is 0 Å². The molecular formula is C15H23ClN4O3. The molecule has 0 saturated carbocycles. The van der Waals surface area contributed by atoms with Crippen LogP contribution in [0.25, 0.3) is 0 Å². The first-order valence-corrected chi connectivity index (χ1v) is 7.48. The van der Waals surface area contributed by atoms with Crippen molar-refractivity contribution in [3.8, 4) is 0 Å². The van der Waals surface area contributed by atoms with Gasteiger partial charge < -0.3 is 15.5 Å². The van der Waals surface area contributed by atoms with E-state index in [1.54, 1.807) is 30.1 Å². The number of rotatable bonds is 5. The number of likely N-dealkylation sites (tertiary alicyclic amines) is 1. The number of para-hydroxylation sites is 2. The molecule has 1 heterocycles. The molecule has 0 radical (unpaired) electrons. The number of amides is 1. The van der Waals surface area contributed by atoms with Crippen molar-refractivity contribution >= 4 is 29.7 Å². The molecule has 1 saturated heterocycles. The zero-order valence-electron chi connectivity index (χ0n) is 13.2. The first kappa shape index (κ1) is 19.2. The number of anilines is 1. The number of carbonyl (C=O) groups excluding carboxylic acids is 1. The van der Waals surface area contributed by atoms with Gasteiger partial charge in [-0.3, -0.25) is 14.9 Å². The molecule has 0 bridgehead atoms. The highest BCUT2D eigenvalue weighted by Crippen LogP contribution is 2.26. The summed E-state index contributed by atoms with van der Waals surface area (Å²) in [5.41, 5.74) is 6.19. The fourth-order valence-corrected chi connectivity index (χ4v) is 2.89. The summed E-state index contributed by atoms with van der Waals surface area (Å²) in [7, 11) is 1.70. The van der Waals surface area contributed by atoms with Crippen molar-refractivity contribution < 1.29 is 9.72 Å². The molecule has 1 atom stereocenters. The average molecular weight is 343 g/mol. The second-order valence-electron chi connectivity index (χ2n) is 5.57. The standard InChI is InChI=1S/C15H22N4O3.ClH/c1-17(13-7-2-3-8-14(13)19(21)22)11-15(20)18-9-5-4-6-12(18)10-16;/h2-3,7-8,12H,4-6,9-11,16H2,1H3;1H. The number of nitro benzene ring substituents is 1. The number of piperidine rings is 1. The average Bonchev–Trinajstić information content (AvgIpc) is 2.54. The minimum Gasteiger partial charge on any atom is -0.360 e. The van der Waals surface area contributed by atoms with Crippen LogP contribution in [0.2, 0.25) is 0 Å². The molecular weight excluding hydrogens is 320 g/mol. The molecule has 128 valence electrons. The number of carbonyl (C=O) groups is 1. The van der Waals surface area contributed by atoms with Crippen molar-refractivity contribution in [2.75, 3.05) is 31.6 Å². The van der Waals surface area contributed by atoms with Crippen LogP contribution in [0.4, 0.5) is 11.4 Å². The highest BCUT2D eigenvalue weighted by Gasteiger charge is 2.27. The van der Waals surface area contributed by atoms with E-state index in [0.29, 0.717) is 18.8 Å². The summed E-state index contributed by atoms with van der Waals surface area (Å²) in [6.45, 7) is 1.29. The third-order valence-corrected chi connectivity index (χ3v) is 4.08. The lowest BCUT2D eigenvalue weighted by Gasteiger charge is -2.36. The predicted octanol–water partition coefficient (Wildman–Crippen LogP) is 1.79. The highest BCUT2D eigenvalue weighted by molar-refractivity contribution is 5.85. The number of nitrogens with two attached hydrogens (primary N) is 1.